The molecule has 3 nitrogen and oxygen atoms in total. The first-order chi connectivity index (χ1) is 8.84. The van der Waals surface area contributed by atoms with Gasteiger partial charge in [-0.25, -0.2) is 4.57 Å². The van der Waals surface area contributed by atoms with Crippen LogP contribution in [0.2, 0.25) is 0 Å². The van der Waals surface area contributed by atoms with Crippen LogP contribution in [0.1, 0.15) is 5.56 Å². The molecule has 1 aromatic heterocycles. The molecule has 3 rings (SSSR count). The van der Waals surface area contributed by atoms with Gasteiger partial charge < -0.3 is 0 Å². The van der Waals surface area contributed by atoms with E-state index in [1.807, 2.05) is 11.6 Å². The summed E-state index contributed by atoms with van der Waals surface area (Å²) in [6.45, 7) is 0. The Labute approximate surface area is 110 Å². The number of thioether (sulfide) groups is 1. The van der Waals surface area contributed by atoms with Crippen LogP contribution in [-0.2, 0) is 12.8 Å². The summed E-state index contributed by atoms with van der Waals surface area (Å²) in [5, 5.41) is 10.7. The first-order valence-electron chi connectivity index (χ1n) is 5.83. The molecule has 0 aliphatic carbocycles. The van der Waals surface area contributed by atoms with E-state index in [9.17, 15) is 0 Å². The van der Waals surface area contributed by atoms with Crippen molar-refractivity contribution in [3.05, 3.63) is 54.4 Å². The van der Waals surface area contributed by atoms with Crippen molar-refractivity contribution < 1.29 is 4.57 Å². The van der Waals surface area contributed by atoms with Gasteiger partial charge in [-0.2, -0.15) is 0 Å². The van der Waals surface area contributed by atoms with Crippen LogP contribution in [0.5, 0.6) is 0 Å². The maximum absolute atomic E-state index is 4.01. The third-order valence-corrected chi connectivity index (χ3v) is 4.06. The maximum atomic E-state index is 4.01. The van der Waals surface area contributed by atoms with E-state index in [2.05, 4.69) is 52.7 Å². The zero-order valence-electron chi connectivity index (χ0n) is 10.1. The normalized spacial score (nSPS) is 10.9. The molecule has 1 N–H and O–H groups in total. The van der Waals surface area contributed by atoms with Crippen molar-refractivity contribution in [2.24, 2.45) is 7.05 Å². The number of nitrogens with zero attached hydrogens (tertiary/aromatic N) is 2. The molecule has 0 aliphatic heterocycles. The second-order valence-corrected chi connectivity index (χ2v) is 5.16. The van der Waals surface area contributed by atoms with Crippen molar-refractivity contribution in [3.8, 4) is 0 Å². The fourth-order valence-corrected chi connectivity index (χ4v) is 2.91. The SMILES string of the molecule is C[n+]1cn[nH]c1SCc1cccc2ccccc12. The summed E-state index contributed by atoms with van der Waals surface area (Å²) in [5.41, 5.74) is 1.35. The van der Waals surface area contributed by atoms with Crippen LogP contribution in [0.4, 0.5) is 0 Å². The molecule has 18 heavy (non-hydrogen) atoms. The Hall–Kier alpha value is -1.81. The minimum absolute atomic E-state index is 0.942. The van der Waals surface area contributed by atoms with Gasteiger partial charge in [-0.1, -0.05) is 42.5 Å². The maximum Gasteiger partial charge on any atom is 0.293 e. The second kappa shape index (κ2) is 4.82. The number of rotatable bonds is 3. The molecule has 3 aromatic rings. The van der Waals surface area contributed by atoms with Gasteiger partial charge in [0.2, 0.25) is 0 Å². The van der Waals surface area contributed by atoms with E-state index in [1.54, 1.807) is 18.1 Å². The van der Waals surface area contributed by atoms with Gasteiger partial charge in [0, 0.05) is 10.9 Å². The first-order valence-corrected chi connectivity index (χ1v) is 6.81. The number of aromatic amines is 1. The molecule has 0 unspecified atom stereocenters. The summed E-state index contributed by atoms with van der Waals surface area (Å²) in [4.78, 5) is 0. The Balaban J connectivity index is 1.89. The molecule has 0 saturated carbocycles. The summed E-state index contributed by atoms with van der Waals surface area (Å²) in [6.07, 6.45) is 1.78. The average molecular weight is 256 g/mol. The molecule has 0 spiro atoms. The van der Waals surface area contributed by atoms with Crippen molar-refractivity contribution in [3.63, 3.8) is 0 Å². The van der Waals surface area contributed by atoms with Crippen molar-refractivity contribution in [1.29, 1.82) is 0 Å². The van der Waals surface area contributed by atoms with Crippen LogP contribution in [0.25, 0.3) is 10.8 Å². The lowest BCUT2D eigenvalue weighted by molar-refractivity contribution is -0.709. The first kappa shape index (κ1) is 11.3. The van der Waals surface area contributed by atoms with Gasteiger partial charge in [-0.3, -0.25) is 0 Å². The highest BCUT2D eigenvalue weighted by Gasteiger charge is 2.09. The Morgan fingerprint density at radius 1 is 1.17 bits per heavy atom. The largest absolute Gasteiger partial charge is 0.293 e. The van der Waals surface area contributed by atoms with Gasteiger partial charge in [-0.15, -0.1) is 5.10 Å². The van der Waals surface area contributed by atoms with Crippen molar-refractivity contribution >= 4 is 22.5 Å². The molecular weight excluding hydrogens is 242 g/mol. The Morgan fingerprint density at radius 3 is 2.83 bits per heavy atom. The van der Waals surface area contributed by atoms with Gasteiger partial charge in [0.15, 0.2) is 0 Å². The van der Waals surface area contributed by atoms with Crippen molar-refractivity contribution in [1.82, 2.24) is 10.2 Å². The highest BCUT2D eigenvalue weighted by molar-refractivity contribution is 7.98. The fraction of sp³-hybridized carbons (Fsp3) is 0.143. The number of benzene rings is 2. The van der Waals surface area contributed by atoms with E-state index >= 15 is 0 Å². The van der Waals surface area contributed by atoms with Gasteiger partial charge in [0.25, 0.3) is 11.5 Å². The fourth-order valence-electron chi connectivity index (χ4n) is 2.00. The Bertz CT molecular complexity index is 670. The Morgan fingerprint density at radius 2 is 2.00 bits per heavy atom. The molecule has 0 saturated heterocycles. The molecule has 0 bridgehead atoms. The van der Waals surface area contributed by atoms with E-state index in [-0.39, 0.29) is 0 Å². The predicted octanol–water partition coefficient (Wildman–Crippen LogP) is 2.68. The number of fused-ring (bicyclic) bond motifs is 1. The van der Waals surface area contributed by atoms with Crippen molar-refractivity contribution in [2.75, 3.05) is 0 Å². The number of aryl methyl sites for hydroxylation is 1. The predicted molar refractivity (Wildman–Crippen MR) is 73.3 cm³/mol. The van der Waals surface area contributed by atoms with E-state index in [4.69, 9.17) is 0 Å². The molecule has 1 heterocycles. The number of H-pyrrole nitrogens is 1. The lowest BCUT2D eigenvalue weighted by Crippen LogP contribution is -2.27. The lowest BCUT2D eigenvalue weighted by Gasteiger charge is -2.04. The van der Waals surface area contributed by atoms with E-state index in [0.29, 0.717) is 0 Å². The highest BCUT2D eigenvalue weighted by atomic mass is 32.2. The second-order valence-electron chi connectivity index (χ2n) is 4.20. The topological polar surface area (TPSA) is 32.6 Å². The average Bonchev–Trinajstić information content (AvgIpc) is 2.82. The molecule has 90 valence electrons. The van der Waals surface area contributed by atoms with Gasteiger partial charge in [-0.05, 0) is 28.1 Å². The van der Waals surface area contributed by atoms with Crippen LogP contribution in [0.3, 0.4) is 0 Å². The number of nitrogens with one attached hydrogen (secondary N) is 1. The van der Waals surface area contributed by atoms with Gasteiger partial charge in [0.1, 0.15) is 0 Å². The zero-order valence-corrected chi connectivity index (χ0v) is 10.9. The molecule has 0 fully saturated rings. The Kier molecular flexibility index (Phi) is 3.02. The highest BCUT2D eigenvalue weighted by Crippen LogP contribution is 2.24. The minimum atomic E-state index is 0.942. The summed E-state index contributed by atoms with van der Waals surface area (Å²) in [7, 11) is 1.99. The third kappa shape index (κ3) is 2.11. The summed E-state index contributed by atoms with van der Waals surface area (Å²) in [6, 6.07) is 15.0. The van der Waals surface area contributed by atoms with Crippen LogP contribution in [0.15, 0.2) is 53.9 Å². The number of aromatic nitrogens is 3. The summed E-state index contributed by atoms with van der Waals surface area (Å²) >= 11 is 1.77. The zero-order chi connectivity index (χ0) is 12.4. The van der Waals surface area contributed by atoms with Crippen molar-refractivity contribution in [2.45, 2.75) is 10.9 Å². The van der Waals surface area contributed by atoms with E-state index in [1.165, 1.54) is 16.3 Å². The standard InChI is InChI=1S/C14H13N3S/c1-17-10-15-16-14(17)18-9-12-7-4-6-11-5-2-3-8-13(11)12/h2-8,10H,9H2,1H3/p+1. The quantitative estimate of drug-likeness (QED) is 0.577. The van der Waals surface area contributed by atoms with E-state index < -0.39 is 0 Å². The summed E-state index contributed by atoms with van der Waals surface area (Å²) < 4.78 is 2.00. The van der Waals surface area contributed by atoms with Gasteiger partial charge in [0.05, 0.1) is 7.05 Å². The monoisotopic (exact) mass is 256 g/mol. The van der Waals surface area contributed by atoms with Crippen LogP contribution in [-0.4, -0.2) is 10.2 Å². The molecule has 0 amide bonds. The lowest BCUT2D eigenvalue weighted by atomic mass is 10.1. The minimum Gasteiger partial charge on any atom is -0.228 e. The van der Waals surface area contributed by atoms with Gasteiger partial charge >= 0.3 is 0 Å². The molecule has 0 atom stereocenters. The number of hydrogen-bond acceptors (Lipinski definition) is 2. The molecule has 0 aliphatic rings. The third-order valence-electron chi connectivity index (χ3n) is 2.96. The smallest absolute Gasteiger partial charge is 0.228 e. The van der Waals surface area contributed by atoms with E-state index in [0.717, 1.165) is 10.9 Å². The summed E-state index contributed by atoms with van der Waals surface area (Å²) in [5.74, 6) is 0.942. The molecule has 4 heteroatoms. The van der Waals surface area contributed by atoms with Crippen LogP contribution < -0.4 is 4.57 Å². The molecule has 0 radical (unpaired) electrons. The molecular formula is C14H14N3S+. The van der Waals surface area contributed by atoms with Crippen LogP contribution >= 0.6 is 11.8 Å². The molecule has 2 aromatic carbocycles. The van der Waals surface area contributed by atoms with Crippen LogP contribution in [0, 0.1) is 0 Å². The number of hydrogen-bond donors (Lipinski definition) is 1.